The van der Waals surface area contributed by atoms with Gasteiger partial charge in [0.2, 0.25) is 0 Å². The van der Waals surface area contributed by atoms with Gasteiger partial charge in [-0.2, -0.15) is 0 Å². The predicted molar refractivity (Wildman–Crippen MR) is 117 cm³/mol. The van der Waals surface area contributed by atoms with Crippen LogP contribution in [0.25, 0.3) is 23.3 Å². The molecule has 0 unspecified atom stereocenters. The summed E-state index contributed by atoms with van der Waals surface area (Å²) < 4.78 is 15.9. The molecule has 4 nitrogen and oxygen atoms in total. The second-order valence-electron chi connectivity index (χ2n) is 6.54. The predicted octanol–water partition coefficient (Wildman–Crippen LogP) is 5.67. The molecule has 0 fully saturated rings. The van der Waals surface area contributed by atoms with E-state index in [9.17, 15) is 4.79 Å². The minimum atomic E-state index is 0.407. The molecule has 148 valence electrons. The van der Waals surface area contributed by atoms with Crippen LogP contribution in [-0.4, -0.2) is 27.6 Å². The molecule has 29 heavy (non-hydrogen) atoms. The zero-order valence-electron chi connectivity index (χ0n) is 17.1. The molecule has 3 aromatic rings. The van der Waals surface area contributed by atoms with E-state index in [0.717, 1.165) is 28.7 Å². The number of aldehydes is 1. The smallest absolute Gasteiger partial charge is 0.157 e. The summed E-state index contributed by atoms with van der Waals surface area (Å²) in [6.07, 6.45) is 4.78. The Balaban J connectivity index is 1.96. The average Bonchev–Trinajstić information content (AvgIpc) is 2.77. The Morgan fingerprint density at radius 3 is 2.00 bits per heavy atom. The molecule has 0 atom stereocenters. The summed E-state index contributed by atoms with van der Waals surface area (Å²) in [5, 5.41) is 0. The van der Waals surface area contributed by atoms with Crippen LogP contribution in [0.1, 0.15) is 27.0 Å². The van der Waals surface area contributed by atoms with Crippen molar-refractivity contribution in [2.75, 3.05) is 21.3 Å². The fourth-order valence-corrected chi connectivity index (χ4v) is 3.27. The number of carbonyl (C=O) groups is 1. The van der Waals surface area contributed by atoms with Gasteiger partial charge >= 0.3 is 0 Å². The van der Waals surface area contributed by atoms with Gasteiger partial charge in [0, 0.05) is 0 Å². The Kier molecular flexibility index (Phi) is 6.35. The molecule has 4 heteroatoms. The first-order valence-electron chi connectivity index (χ1n) is 9.24. The van der Waals surface area contributed by atoms with E-state index in [-0.39, 0.29) is 0 Å². The summed E-state index contributed by atoms with van der Waals surface area (Å²) >= 11 is 0. The summed E-state index contributed by atoms with van der Waals surface area (Å²) in [4.78, 5) is 11.3. The standard InChI is InChI=1S/C25H24O4/c1-17-19(6-5-7-22(17)20-10-12-21(27-2)13-11-20)9-8-18-14-24(28-3)23(16-26)25(15-18)29-4/h5-16H,1-4H3/b9-8+. The zero-order chi connectivity index (χ0) is 20.8. The van der Waals surface area contributed by atoms with Gasteiger partial charge in [0.1, 0.15) is 17.2 Å². The molecule has 0 saturated carbocycles. The van der Waals surface area contributed by atoms with Crippen molar-refractivity contribution in [3.8, 4) is 28.4 Å². The summed E-state index contributed by atoms with van der Waals surface area (Å²) in [5.74, 6) is 1.81. The molecule has 0 bridgehead atoms. The molecule has 0 heterocycles. The van der Waals surface area contributed by atoms with Gasteiger partial charge in [-0.05, 0) is 59.0 Å². The Morgan fingerprint density at radius 1 is 0.793 bits per heavy atom. The van der Waals surface area contributed by atoms with Crippen molar-refractivity contribution in [2.24, 2.45) is 0 Å². The summed E-state index contributed by atoms with van der Waals surface area (Å²) in [7, 11) is 4.74. The first-order chi connectivity index (χ1) is 14.1. The van der Waals surface area contributed by atoms with Gasteiger partial charge in [0.15, 0.2) is 6.29 Å². The minimum Gasteiger partial charge on any atom is -0.497 e. The van der Waals surface area contributed by atoms with E-state index in [1.807, 2.05) is 36.4 Å². The van der Waals surface area contributed by atoms with Crippen LogP contribution in [0, 0.1) is 6.92 Å². The Bertz CT molecular complexity index is 1010. The van der Waals surface area contributed by atoms with Gasteiger partial charge in [0.25, 0.3) is 0 Å². The fraction of sp³-hybridized carbons (Fsp3) is 0.160. The van der Waals surface area contributed by atoms with Crippen molar-refractivity contribution in [3.63, 3.8) is 0 Å². The molecule has 0 aliphatic rings. The SMILES string of the molecule is COc1ccc(-c2cccc(/C=C/c3cc(OC)c(C=O)c(OC)c3)c2C)cc1. The van der Waals surface area contributed by atoms with Crippen LogP contribution >= 0.6 is 0 Å². The normalized spacial score (nSPS) is 10.8. The van der Waals surface area contributed by atoms with Crippen LogP contribution in [0.4, 0.5) is 0 Å². The van der Waals surface area contributed by atoms with Gasteiger partial charge in [-0.1, -0.05) is 42.5 Å². The van der Waals surface area contributed by atoms with Crippen LogP contribution in [0.15, 0.2) is 54.6 Å². The lowest BCUT2D eigenvalue weighted by molar-refractivity contribution is 0.111. The highest BCUT2D eigenvalue weighted by Crippen LogP contribution is 2.31. The van der Waals surface area contributed by atoms with E-state index < -0.39 is 0 Å². The number of rotatable bonds is 7. The van der Waals surface area contributed by atoms with Gasteiger partial charge in [-0.3, -0.25) is 4.79 Å². The van der Waals surface area contributed by atoms with E-state index >= 15 is 0 Å². The molecule has 0 radical (unpaired) electrons. The molecule has 3 rings (SSSR count). The maximum Gasteiger partial charge on any atom is 0.157 e. The Morgan fingerprint density at radius 2 is 1.45 bits per heavy atom. The largest absolute Gasteiger partial charge is 0.497 e. The third-order valence-electron chi connectivity index (χ3n) is 4.92. The molecule has 0 aromatic heterocycles. The first-order valence-corrected chi connectivity index (χ1v) is 9.24. The molecule has 0 aliphatic carbocycles. The number of ether oxygens (including phenoxy) is 3. The molecule has 0 amide bonds. The van der Waals surface area contributed by atoms with Crippen molar-refractivity contribution in [2.45, 2.75) is 6.92 Å². The number of benzene rings is 3. The van der Waals surface area contributed by atoms with E-state index in [4.69, 9.17) is 14.2 Å². The van der Waals surface area contributed by atoms with Crippen molar-refractivity contribution in [1.82, 2.24) is 0 Å². The lowest BCUT2D eigenvalue weighted by Crippen LogP contribution is -1.96. The number of hydrogen-bond donors (Lipinski definition) is 0. The first kappa shape index (κ1) is 20.2. The molecule has 0 saturated heterocycles. The number of hydrogen-bond acceptors (Lipinski definition) is 4. The van der Waals surface area contributed by atoms with Crippen LogP contribution in [0.2, 0.25) is 0 Å². The van der Waals surface area contributed by atoms with Gasteiger partial charge in [0.05, 0.1) is 26.9 Å². The van der Waals surface area contributed by atoms with Crippen LogP contribution < -0.4 is 14.2 Å². The van der Waals surface area contributed by atoms with Gasteiger partial charge in [-0.25, -0.2) is 0 Å². The Hall–Kier alpha value is -3.53. The van der Waals surface area contributed by atoms with E-state index in [2.05, 4.69) is 37.3 Å². The molecular weight excluding hydrogens is 364 g/mol. The number of carbonyl (C=O) groups excluding carboxylic acids is 1. The van der Waals surface area contributed by atoms with Crippen molar-refractivity contribution >= 4 is 18.4 Å². The fourth-order valence-electron chi connectivity index (χ4n) is 3.27. The van der Waals surface area contributed by atoms with Crippen molar-refractivity contribution < 1.29 is 19.0 Å². The minimum absolute atomic E-state index is 0.407. The second-order valence-corrected chi connectivity index (χ2v) is 6.54. The van der Waals surface area contributed by atoms with Crippen LogP contribution in [0.5, 0.6) is 17.2 Å². The molecule has 0 N–H and O–H groups in total. The molecular formula is C25H24O4. The maximum atomic E-state index is 11.3. The molecule has 0 spiro atoms. The highest BCUT2D eigenvalue weighted by atomic mass is 16.5. The highest BCUT2D eigenvalue weighted by molar-refractivity contribution is 5.86. The summed E-state index contributed by atoms with van der Waals surface area (Å²) in [6, 6.07) is 17.9. The Labute approximate surface area is 171 Å². The van der Waals surface area contributed by atoms with E-state index in [0.29, 0.717) is 17.1 Å². The summed E-state index contributed by atoms with van der Waals surface area (Å²) in [6.45, 7) is 2.11. The van der Waals surface area contributed by atoms with E-state index in [1.54, 1.807) is 7.11 Å². The molecule has 3 aromatic carbocycles. The second kappa shape index (κ2) is 9.11. The zero-order valence-corrected chi connectivity index (χ0v) is 17.1. The van der Waals surface area contributed by atoms with Crippen LogP contribution in [-0.2, 0) is 0 Å². The third kappa shape index (κ3) is 4.32. The quantitative estimate of drug-likeness (QED) is 0.386. The van der Waals surface area contributed by atoms with E-state index in [1.165, 1.54) is 25.3 Å². The van der Waals surface area contributed by atoms with Crippen molar-refractivity contribution in [1.29, 1.82) is 0 Å². The van der Waals surface area contributed by atoms with Gasteiger partial charge in [-0.15, -0.1) is 0 Å². The molecule has 0 aliphatic heterocycles. The highest BCUT2D eigenvalue weighted by Gasteiger charge is 2.11. The lowest BCUT2D eigenvalue weighted by Gasteiger charge is -2.11. The van der Waals surface area contributed by atoms with Gasteiger partial charge < -0.3 is 14.2 Å². The third-order valence-corrected chi connectivity index (χ3v) is 4.92. The average molecular weight is 388 g/mol. The summed E-state index contributed by atoms with van der Waals surface area (Å²) in [5.41, 5.74) is 5.88. The van der Waals surface area contributed by atoms with Crippen LogP contribution in [0.3, 0.4) is 0 Å². The topological polar surface area (TPSA) is 44.8 Å². The van der Waals surface area contributed by atoms with Crippen molar-refractivity contribution in [3.05, 3.63) is 76.9 Å². The lowest BCUT2D eigenvalue weighted by atomic mass is 9.96. The monoisotopic (exact) mass is 388 g/mol. The maximum absolute atomic E-state index is 11.3. The number of methoxy groups -OCH3 is 3.